The van der Waals surface area contributed by atoms with E-state index in [2.05, 4.69) is 22.5 Å². The minimum Gasteiger partial charge on any atom is -0.507 e. The Morgan fingerprint density at radius 2 is 1.69 bits per heavy atom. The highest BCUT2D eigenvalue weighted by Gasteiger charge is 2.34. The van der Waals surface area contributed by atoms with E-state index in [1.165, 1.54) is 0 Å². The minimum atomic E-state index is 0.154. The molecular formula is C29H33N3O4. The van der Waals surface area contributed by atoms with E-state index in [0.29, 0.717) is 36.0 Å². The second-order valence-corrected chi connectivity index (χ2v) is 9.79. The van der Waals surface area contributed by atoms with E-state index >= 15 is 0 Å². The first-order valence-electron chi connectivity index (χ1n) is 12.4. The lowest BCUT2D eigenvalue weighted by atomic mass is 9.91. The van der Waals surface area contributed by atoms with Gasteiger partial charge in [0.2, 0.25) is 0 Å². The standard InChI is InChI=1S/C29H33N3O4/c1-17-10-21(11-18(2)29(17)33)27-23(15-30)28-22-14-26(35-5)25(34-4)13-20(22)12-19(3)32(28)24(27)16-31-6-8-36-9-7-31/h10-11,13-14,19,33H,6-9,12,16H2,1-5H3. The molecule has 36 heavy (non-hydrogen) atoms. The molecule has 0 saturated carbocycles. The van der Waals surface area contributed by atoms with Gasteiger partial charge < -0.3 is 23.9 Å². The zero-order chi connectivity index (χ0) is 25.6. The average Bonchev–Trinajstić information content (AvgIpc) is 3.21. The lowest BCUT2D eigenvalue weighted by Gasteiger charge is -2.32. The Morgan fingerprint density at radius 1 is 1.06 bits per heavy atom. The fourth-order valence-corrected chi connectivity index (χ4v) is 5.76. The highest BCUT2D eigenvalue weighted by molar-refractivity contribution is 5.87. The minimum absolute atomic E-state index is 0.154. The Bertz CT molecular complexity index is 1340. The largest absolute Gasteiger partial charge is 0.507 e. The molecule has 0 bridgehead atoms. The Labute approximate surface area is 212 Å². The summed E-state index contributed by atoms with van der Waals surface area (Å²) in [6.45, 7) is 9.87. The lowest BCUT2D eigenvalue weighted by Crippen LogP contribution is -2.36. The van der Waals surface area contributed by atoms with Crippen LogP contribution in [0.25, 0.3) is 22.4 Å². The molecule has 3 heterocycles. The Morgan fingerprint density at radius 3 is 2.31 bits per heavy atom. The average molecular weight is 488 g/mol. The summed E-state index contributed by atoms with van der Waals surface area (Å²) in [5, 5.41) is 21.0. The molecule has 1 fully saturated rings. The molecule has 0 spiro atoms. The highest BCUT2D eigenvalue weighted by Crippen LogP contribution is 2.48. The van der Waals surface area contributed by atoms with Crippen molar-refractivity contribution in [1.29, 1.82) is 5.26 Å². The van der Waals surface area contributed by atoms with E-state index in [4.69, 9.17) is 14.2 Å². The predicted octanol–water partition coefficient (Wildman–Crippen LogP) is 4.98. The van der Waals surface area contributed by atoms with Crippen LogP contribution in [0.4, 0.5) is 0 Å². The number of phenols is 1. The lowest BCUT2D eigenvalue weighted by molar-refractivity contribution is 0.0331. The van der Waals surface area contributed by atoms with Gasteiger partial charge in [-0.05, 0) is 73.7 Å². The van der Waals surface area contributed by atoms with Gasteiger partial charge in [-0.15, -0.1) is 0 Å². The molecule has 1 N–H and O–H groups in total. The number of nitriles is 1. The van der Waals surface area contributed by atoms with E-state index in [1.807, 2.05) is 38.1 Å². The van der Waals surface area contributed by atoms with Crippen LogP contribution >= 0.6 is 0 Å². The van der Waals surface area contributed by atoms with Gasteiger partial charge in [0, 0.05) is 42.5 Å². The summed E-state index contributed by atoms with van der Waals surface area (Å²) in [5.74, 6) is 1.64. The third-order valence-corrected chi connectivity index (χ3v) is 7.50. The van der Waals surface area contributed by atoms with Gasteiger partial charge in [0.1, 0.15) is 11.8 Å². The second-order valence-electron chi connectivity index (χ2n) is 9.79. The van der Waals surface area contributed by atoms with Gasteiger partial charge in [-0.1, -0.05) is 0 Å². The number of aromatic hydroxyl groups is 1. The maximum atomic E-state index is 10.6. The smallest absolute Gasteiger partial charge is 0.161 e. The third kappa shape index (κ3) is 3.91. The van der Waals surface area contributed by atoms with Crippen molar-refractivity contribution in [3.63, 3.8) is 0 Å². The molecule has 0 amide bonds. The van der Waals surface area contributed by atoms with Crippen LogP contribution < -0.4 is 9.47 Å². The van der Waals surface area contributed by atoms with Crippen molar-refractivity contribution < 1.29 is 19.3 Å². The van der Waals surface area contributed by atoms with Gasteiger partial charge in [0.15, 0.2) is 11.5 Å². The summed E-state index contributed by atoms with van der Waals surface area (Å²) >= 11 is 0. The first-order valence-corrected chi connectivity index (χ1v) is 12.4. The molecule has 1 saturated heterocycles. The first kappa shape index (κ1) is 24.2. The van der Waals surface area contributed by atoms with Gasteiger partial charge in [-0.2, -0.15) is 5.26 Å². The Balaban J connectivity index is 1.81. The molecule has 3 aromatic rings. The summed E-state index contributed by atoms with van der Waals surface area (Å²) in [6, 6.07) is 10.7. The monoisotopic (exact) mass is 487 g/mol. The highest BCUT2D eigenvalue weighted by atomic mass is 16.5. The number of aryl methyl sites for hydroxylation is 2. The molecule has 1 atom stereocenters. The van der Waals surface area contributed by atoms with E-state index in [1.54, 1.807) is 14.2 Å². The number of hydrogen-bond acceptors (Lipinski definition) is 6. The predicted molar refractivity (Wildman–Crippen MR) is 139 cm³/mol. The number of ether oxygens (including phenoxy) is 3. The van der Waals surface area contributed by atoms with Crippen LogP contribution in [0.15, 0.2) is 24.3 Å². The Kier molecular flexibility index (Phi) is 6.42. The topological polar surface area (TPSA) is 79.9 Å². The van der Waals surface area contributed by atoms with Crippen LogP contribution in [-0.2, 0) is 17.7 Å². The van der Waals surface area contributed by atoms with E-state index < -0.39 is 0 Å². The van der Waals surface area contributed by atoms with Crippen molar-refractivity contribution in [2.24, 2.45) is 0 Å². The van der Waals surface area contributed by atoms with Crippen molar-refractivity contribution in [3.05, 3.63) is 52.2 Å². The zero-order valence-electron chi connectivity index (χ0n) is 21.6. The molecule has 0 aliphatic carbocycles. The number of methoxy groups -OCH3 is 2. The molecule has 7 nitrogen and oxygen atoms in total. The molecule has 1 unspecified atom stereocenters. The van der Waals surface area contributed by atoms with Crippen molar-refractivity contribution in [1.82, 2.24) is 9.47 Å². The van der Waals surface area contributed by atoms with Crippen LogP contribution in [0, 0.1) is 25.2 Å². The van der Waals surface area contributed by atoms with E-state index in [9.17, 15) is 10.4 Å². The molecule has 1 aromatic heterocycles. The summed E-state index contributed by atoms with van der Waals surface area (Å²) in [6.07, 6.45) is 0.825. The first-order chi connectivity index (χ1) is 17.4. The third-order valence-electron chi connectivity index (χ3n) is 7.50. The fourth-order valence-electron chi connectivity index (χ4n) is 5.76. The molecule has 7 heteroatoms. The number of fused-ring (bicyclic) bond motifs is 3. The van der Waals surface area contributed by atoms with Crippen LogP contribution in [0.1, 0.15) is 40.9 Å². The summed E-state index contributed by atoms with van der Waals surface area (Å²) in [4.78, 5) is 2.40. The molecule has 2 aromatic carbocycles. The van der Waals surface area contributed by atoms with Crippen molar-refractivity contribution in [3.8, 4) is 45.7 Å². The zero-order valence-corrected chi connectivity index (χ0v) is 21.6. The van der Waals surface area contributed by atoms with Gasteiger partial charge in [0.05, 0.1) is 38.7 Å². The van der Waals surface area contributed by atoms with Crippen molar-refractivity contribution in [2.75, 3.05) is 40.5 Å². The molecule has 0 radical (unpaired) electrons. The number of phenolic OH excluding ortho intramolecular Hbond substituents is 1. The molecular weight excluding hydrogens is 454 g/mol. The number of aromatic nitrogens is 1. The number of nitrogens with zero attached hydrogens (tertiary/aromatic N) is 3. The van der Waals surface area contributed by atoms with Crippen LogP contribution in [0.5, 0.6) is 17.2 Å². The maximum absolute atomic E-state index is 10.6. The van der Waals surface area contributed by atoms with Crippen LogP contribution in [0.3, 0.4) is 0 Å². The van der Waals surface area contributed by atoms with E-state index in [0.717, 1.165) is 70.8 Å². The van der Waals surface area contributed by atoms with Crippen LogP contribution in [0.2, 0.25) is 0 Å². The molecule has 2 aliphatic heterocycles. The normalized spacial score (nSPS) is 17.3. The van der Waals surface area contributed by atoms with Gasteiger partial charge in [0.25, 0.3) is 0 Å². The molecule has 5 rings (SSSR count). The molecule has 188 valence electrons. The maximum Gasteiger partial charge on any atom is 0.161 e. The Hall–Kier alpha value is -3.47. The van der Waals surface area contributed by atoms with Gasteiger partial charge in [-0.3, -0.25) is 4.90 Å². The number of hydrogen-bond donors (Lipinski definition) is 1. The number of benzene rings is 2. The second kappa shape index (κ2) is 9.53. The molecule has 2 aliphatic rings. The number of morpholine rings is 1. The SMILES string of the molecule is COc1cc2c(cc1OC)-c1c(C#N)c(-c3cc(C)c(O)c(C)c3)c(CN3CCOCC3)n1C(C)C2. The fraction of sp³-hybridized carbons (Fsp3) is 0.414. The quantitative estimate of drug-likeness (QED) is 0.547. The number of rotatable bonds is 5. The van der Waals surface area contributed by atoms with Gasteiger partial charge in [-0.25, -0.2) is 0 Å². The van der Waals surface area contributed by atoms with Crippen molar-refractivity contribution >= 4 is 0 Å². The van der Waals surface area contributed by atoms with Crippen LogP contribution in [-0.4, -0.2) is 55.1 Å². The van der Waals surface area contributed by atoms with Crippen molar-refractivity contribution in [2.45, 2.75) is 39.8 Å². The summed E-state index contributed by atoms with van der Waals surface area (Å²) < 4.78 is 19.2. The van der Waals surface area contributed by atoms with Gasteiger partial charge >= 0.3 is 0 Å². The van der Waals surface area contributed by atoms with E-state index in [-0.39, 0.29) is 6.04 Å². The summed E-state index contributed by atoms with van der Waals surface area (Å²) in [5.41, 5.74) is 8.36. The summed E-state index contributed by atoms with van der Waals surface area (Å²) in [7, 11) is 3.28.